The van der Waals surface area contributed by atoms with Crippen molar-refractivity contribution in [1.29, 1.82) is 0 Å². The Morgan fingerprint density at radius 2 is 0.970 bits per heavy atom. The molecule has 4 nitrogen and oxygen atoms in total. The molecule has 2 atom stereocenters. The third-order valence-corrected chi connectivity index (χ3v) is 6.54. The van der Waals surface area contributed by atoms with Crippen molar-refractivity contribution in [2.45, 2.75) is 59.8 Å². The molecule has 2 unspecified atom stereocenters. The van der Waals surface area contributed by atoms with E-state index in [1.54, 1.807) is 0 Å². The van der Waals surface area contributed by atoms with Crippen LogP contribution in [0.1, 0.15) is 79.3 Å². The quantitative estimate of drug-likeness (QED) is 0.389. The smallest absolute Gasteiger partial charge is 0.165 e. The lowest BCUT2D eigenvalue weighted by molar-refractivity contribution is 0.175. The number of aryl methyl sites for hydroxylation is 2. The van der Waals surface area contributed by atoms with Crippen LogP contribution < -0.4 is 0 Å². The molecule has 0 heterocycles. The lowest BCUT2D eigenvalue weighted by Crippen LogP contribution is -2.11. The summed E-state index contributed by atoms with van der Waals surface area (Å²) in [6, 6.07) is 13.0. The molecule has 33 heavy (non-hydrogen) atoms. The van der Waals surface area contributed by atoms with Crippen LogP contribution in [0.4, 0.5) is 0 Å². The minimum Gasteiger partial charge on any atom is -0.494 e. The molecule has 0 saturated carbocycles. The number of allylic oxidation sites excluding steroid dienone is 2. The van der Waals surface area contributed by atoms with Gasteiger partial charge < -0.3 is 18.9 Å². The molecule has 2 aliphatic carbocycles. The Morgan fingerprint density at radius 1 is 0.576 bits per heavy atom. The maximum Gasteiger partial charge on any atom is 0.165 e. The maximum absolute atomic E-state index is 6.28. The van der Waals surface area contributed by atoms with Crippen LogP contribution >= 0.6 is 0 Å². The van der Waals surface area contributed by atoms with Crippen molar-refractivity contribution < 1.29 is 18.9 Å². The molecule has 0 spiro atoms. The van der Waals surface area contributed by atoms with Crippen LogP contribution in [0, 0.1) is 13.8 Å². The highest BCUT2D eigenvalue weighted by molar-refractivity contribution is 5.77. The van der Waals surface area contributed by atoms with E-state index in [9.17, 15) is 0 Å². The summed E-state index contributed by atoms with van der Waals surface area (Å²) >= 11 is 0. The first-order valence-corrected chi connectivity index (χ1v) is 12.3. The van der Waals surface area contributed by atoms with Crippen LogP contribution in [0.2, 0.25) is 0 Å². The normalized spacial score (nSPS) is 19.0. The molecule has 0 saturated heterocycles. The lowest BCUT2D eigenvalue weighted by Gasteiger charge is -2.23. The van der Waals surface area contributed by atoms with Crippen LogP contribution in [-0.2, 0) is 18.9 Å². The Hall–Kier alpha value is -2.88. The average molecular weight is 449 g/mol. The third kappa shape index (κ3) is 4.01. The van der Waals surface area contributed by atoms with E-state index in [0.717, 1.165) is 29.5 Å². The van der Waals surface area contributed by atoms with E-state index in [0.29, 0.717) is 26.4 Å². The van der Waals surface area contributed by atoms with E-state index in [2.05, 4.69) is 50.2 Å². The zero-order chi connectivity index (χ0) is 23.5. The second kappa shape index (κ2) is 9.94. The molecule has 2 aromatic carbocycles. The highest BCUT2D eigenvalue weighted by Crippen LogP contribution is 2.53. The molecule has 0 radical (unpaired) electrons. The summed E-state index contributed by atoms with van der Waals surface area (Å²) in [5.41, 5.74) is 7.35. The summed E-state index contributed by atoms with van der Waals surface area (Å²) in [6.07, 6.45) is 0.838. The Labute approximate surface area is 198 Å². The van der Waals surface area contributed by atoms with Crippen molar-refractivity contribution in [3.8, 4) is 0 Å². The largest absolute Gasteiger partial charge is 0.494 e. The van der Waals surface area contributed by atoms with Gasteiger partial charge in [-0.05, 0) is 70.2 Å². The Balaban J connectivity index is 1.85. The second-order valence-electron chi connectivity index (χ2n) is 8.54. The summed E-state index contributed by atoms with van der Waals surface area (Å²) in [4.78, 5) is 0. The fraction of sp³-hybridized carbons (Fsp3) is 0.448. The fourth-order valence-corrected chi connectivity index (χ4v) is 5.35. The van der Waals surface area contributed by atoms with Crippen molar-refractivity contribution >= 4 is 11.5 Å². The van der Waals surface area contributed by atoms with Crippen molar-refractivity contribution in [3.05, 3.63) is 81.3 Å². The first kappa shape index (κ1) is 23.3. The first-order valence-electron chi connectivity index (χ1n) is 12.3. The molecule has 2 aliphatic rings. The van der Waals surface area contributed by atoms with E-state index in [-0.39, 0.29) is 11.8 Å². The summed E-state index contributed by atoms with van der Waals surface area (Å²) in [5, 5.41) is 0. The summed E-state index contributed by atoms with van der Waals surface area (Å²) < 4.78 is 24.9. The zero-order valence-electron chi connectivity index (χ0n) is 20.8. The summed E-state index contributed by atoms with van der Waals surface area (Å²) in [7, 11) is 0. The van der Waals surface area contributed by atoms with Gasteiger partial charge in [0.1, 0.15) is 11.5 Å². The molecular formula is C29H36O4. The van der Waals surface area contributed by atoms with Crippen LogP contribution in [0.5, 0.6) is 0 Å². The number of hydrogen-bond donors (Lipinski definition) is 0. The fourth-order valence-electron chi connectivity index (χ4n) is 5.35. The van der Waals surface area contributed by atoms with E-state index < -0.39 is 0 Å². The standard InChI is InChI=1S/C29H36O4/c1-7-30-26-22(20-15-11-13-18(5)24(20)28(26)32-9-3)17-23-21-16-12-14-19(6)25(21)29(33-10-4)27(23)31-8-2/h11-16,22-23H,7-10,17H2,1-6H3. The van der Waals surface area contributed by atoms with Gasteiger partial charge in [0.05, 0.1) is 26.4 Å². The lowest BCUT2D eigenvalue weighted by atomic mass is 9.85. The van der Waals surface area contributed by atoms with Gasteiger partial charge in [-0.2, -0.15) is 0 Å². The predicted octanol–water partition coefficient (Wildman–Crippen LogP) is 7.07. The van der Waals surface area contributed by atoms with Gasteiger partial charge in [-0.1, -0.05) is 36.4 Å². The van der Waals surface area contributed by atoms with Gasteiger partial charge in [-0.25, -0.2) is 0 Å². The van der Waals surface area contributed by atoms with Crippen molar-refractivity contribution in [1.82, 2.24) is 0 Å². The van der Waals surface area contributed by atoms with Crippen molar-refractivity contribution in [3.63, 3.8) is 0 Å². The van der Waals surface area contributed by atoms with Gasteiger partial charge in [0.25, 0.3) is 0 Å². The third-order valence-electron chi connectivity index (χ3n) is 6.54. The Bertz CT molecular complexity index is 994. The topological polar surface area (TPSA) is 36.9 Å². The van der Waals surface area contributed by atoms with E-state index in [1.165, 1.54) is 33.4 Å². The molecule has 0 fully saturated rings. The van der Waals surface area contributed by atoms with E-state index in [4.69, 9.17) is 18.9 Å². The van der Waals surface area contributed by atoms with E-state index in [1.807, 2.05) is 27.7 Å². The number of benzene rings is 2. The molecular weight excluding hydrogens is 412 g/mol. The van der Waals surface area contributed by atoms with Crippen LogP contribution in [0.25, 0.3) is 11.5 Å². The molecule has 176 valence electrons. The van der Waals surface area contributed by atoms with Crippen LogP contribution in [-0.4, -0.2) is 26.4 Å². The molecule has 4 heteroatoms. The highest BCUT2D eigenvalue weighted by Gasteiger charge is 2.42. The molecule has 0 aliphatic heterocycles. The minimum atomic E-state index is 0.0937. The van der Waals surface area contributed by atoms with Crippen molar-refractivity contribution in [2.75, 3.05) is 26.4 Å². The molecule has 4 rings (SSSR count). The number of fused-ring (bicyclic) bond motifs is 2. The number of hydrogen-bond acceptors (Lipinski definition) is 4. The highest BCUT2D eigenvalue weighted by atomic mass is 16.5. The summed E-state index contributed by atoms with van der Waals surface area (Å²) in [5.74, 6) is 3.86. The van der Waals surface area contributed by atoms with Crippen molar-refractivity contribution in [2.24, 2.45) is 0 Å². The van der Waals surface area contributed by atoms with Crippen LogP contribution in [0.15, 0.2) is 47.9 Å². The first-order chi connectivity index (χ1) is 16.1. The van der Waals surface area contributed by atoms with Gasteiger partial charge in [0, 0.05) is 23.0 Å². The Morgan fingerprint density at radius 3 is 1.33 bits per heavy atom. The predicted molar refractivity (Wildman–Crippen MR) is 133 cm³/mol. The van der Waals surface area contributed by atoms with Gasteiger partial charge >= 0.3 is 0 Å². The zero-order valence-corrected chi connectivity index (χ0v) is 20.8. The van der Waals surface area contributed by atoms with Gasteiger partial charge in [-0.15, -0.1) is 0 Å². The maximum atomic E-state index is 6.28. The molecule has 0 aromatic heterocycles. The molecule has 0 amide bonds. The minimum absolute atomic E-state index is 0.0937. The second-order valence-corrected chi connectivity index (χ2v) is 8.54. The molecule has 0 N–H and O–H groups in total. The number of rotatable bonds is 10. The summed E-state index contributed by atoms with van der Waals surface area (Å²) in [6.45, 7) is 14.9. The van der Waals surface area contributed by atoms with Gasteiger partial charge in [-0.3, -0.25) is 0 Å². The van der Waals surface area contributed by atoms with E-state index >= 15 is 0 Å². The van der Waals surface area contributed by atoms with Gasteiger partial charge in [0.15, 0.2) is 11.5 Å². The average Bonchev–Trinajstić information content (AvgIpc) is 3.25. The van der Waals surface area contributed by atoms with Gasteiger partial charge in [0.2, 0.25) is 0 Å². The SMILES string of the molecule is CCOC1=C(OCC)C(CC2C(OCC)=C(OCC)c3c(C)cccc32)c2cccc(C)c21. The molecule has 2 aromatic rings. The molecule has 0 bridgehead atoms. The monoisotopic (exact) mass is 448 g/mol. The Kier molecular flexibility index (Phi) is 7.02. The van der Waals surface area contributed by atoms with Crippen LogP contribution in [0.3, 0.4) is 0 Å². The number of ether oxygens (including phenoxy) is 4.